The molecule has 0 N–H and O–H groups in total. The minimum atomic E-state index is -0.0573. The van der Waals surface area contributed by atoms with E-state index in [1.54, 1.807) is 12.7 Å². The van der Waals surface area contributed by atoms with Crippen molar-refractivity contribution >= 4 is 22.1 Å². The van der Waals surface area contributed by atoms with Crippen LogP contribution in [-0.2, 0) is 0 Å². The van der Waals surface area contributed by atoms with Crippen LogP contribution in [0, 0.1) is 22.7 Å². The first-order valence-corrected chi connectivity index (χ1v) is 13.8. The fraction of sp³-hybridized carbons (Fsp3) is 0.0556. The first-order valence-electron chi connectivity index (χ1n) is 13.8. The summed E-state index contributed by atoms with van der Waals surface area (Å²) in [4.78, 5) is 9.18. The molecule has 0 spiro atoms. The molecule has 0 amide bonds. The molecule has 6 nitrogen and oxygen atoms in total. The van der Waals surface area contributed by atoms with E-state index in [1.807, 2.05) is 57.7 Å². The Kier molecular flexibility index (Phi) is 4.49. The molecular formula is C36H20N6. The third-order valence-electron chi connectivity index (χ3n) is 8.93. The first kappa shape index (κ1) is 22.8. The molecule has 42 heavy (non-hydrogen) atoms. The molecule has 0 saturated carbocycles. The second kappa shape index (κ2) is 8.27. The average Bonchev–Trinajstić information content (AvgIpc) is 3.68. The van der Waals surface area contributed by atoms with Crippen LogP contribution in [-0.4, -0.2) is 19.1 Å². The maximum absolute atomic E-state index is 10.4. The molecule has 3 aliphatic carbocycles. The third kappa shape index (κ3) is 2.90. The molecule has 194 valence electrons. The van der Waals surface area contributed by atoms with Crippen LogP contribution in [0.25, 0.3) is 33.4 Å². The molecule has 2 aromatic heterocycles. The van der Waals surface area contributed by atoms with Gasteiger partial charge in [-0.15, -0.1) is 0 Å². The number of benzene rings is 5. The number of nitriles is 2. The maximum atomic E-state index is 10.4. The van der Waals surface area contributed by atoms with E-state index in [0.717, 1.165) is 44.6 Å². The van der Waals surface area contributed by atoms with Gasteiger partial charge in [0.05, 0.1) is 44.6 Å². The summed E-state index contributed by atoms with van der Waals surface area (Å²) in [5.41, 5.74) is 13.7. The lowest BCUT2D eigenvalue weighted by Crippen LogP contribution is -2.28. The van der Waals surface area contributed by atoms with E-state index in [2.05, 4.69) is 70.6 Å². The highest BCUT2D eigenvalue weighted by molar-refractivity contribution is 5.81. The molecule has 7 aromatic rings. The van der Waals surface area contributed by atoms with Crippen LogP contribution in [0.4, 0.5) is 0 Å². The molecule has 0 saturated heterocycles. The van der Waals surface area contributed by atoms with Gasteiger partial charge in [-0.05, 0) is 81.9 Å². The van der Waals surface area contributed by atoms with E-state index in [1.165, 1.54) is 22.3 Å². The highest BCUT2D eigenvalue weighted by atomic mass is 15.1. The summed E-state index contributed by atoms with van der Waals surface area (Å²) in [7, 11) is 0. The standard InChI is InChI=1S/C36H20N6/c37-17-21-13-25-28(16-34(21)42-20-40-30-10-4-6-12-32(30)42)36-24-8-2-1-7-23(24)35(25)27-15-33(22(18-38)14-26(27)36)41-19-39-29-9-3-5-11-31(29)41/h1-16,19-20,35-36H. The Morgan fingerprint density at radius 3 is 1.36 bits per heavy atom. The van der Waals surface area contributed by atoms with Crippen LogP contribution in [0.5, 0.6) is 0 Å². The van der Waals surface area contributed by atoms with Crippen molar-refractivity contribution in [2.45, 2.75) is 11.8 Å². The lowest BCUT2D eigenvalue weighted by Gasteiger charge is -2.43. The number of hydrogen-bond acceptors (Lipinski definition) is 4. The summed E-state index contributed by atoms with van der Waals surface area (Å²) in [6, 6.07) is 37.9. The Morgan fingerprint density at radius 2 is 0.905 bits per heavy atom. The molecular weight excluding hydrogens is 516 g/mol. The molecule has 0 fully saturated rings. The Balaban J connectivity index is 1.32. The zero-order chi connectivity index (χ0) is 27.9. The average molecular weight is 537 g/mol. The van der Waals surface area contributed by atoms with Crippen molar-refractivity contribution in [1.82, 2.24) is 19.1 Å². The smallest absolute Gasteiger partial charge is 0.101 e. The van der Waals surface area contributed by atoms with Gasteiger partial charge in [-0.25, -0.2) is 9.97 Å². The summed E-state index contributed by atoms with van der Waals surface area (Å²) < 4.78 is 4.02. The van der Waals surface area contributed by atoms with Crippen LogP contribution in [0.2, 0.25) is 0 Å². The molecule has 6 heteroatoms. The van der Waals surface area contributed by atoms with E-state index in [9.17, 15) is 10.5 Å². The van der Waals surface area contributed by atoms with Gasteiger partial charge in [-0.3, -0.25) is 9.13 Å². The topological polar surface area (TPSA) is 83.2 Å². The third-order valence-corrected chi connectivity index (χ3v) is 8.93. The Labute approximate surface area is 241 Å². The van der Waals surface area contributed by atoms with E-state index in [4.69, 9.17) is 0 Å². The Hall–Kier alpha value is -5.98. The van der Waals surface area contributed by atoms with Crippen LogP contribution >= 0.6 is 0 Å². The largest absolute Gasteiger partial charge is 0.297 e. The molecule has 2 atom stereocenters. The predicted molar refractivity (Wildman–Crippen MR) is 160 cm³/mol. The van der Waals surface area contributed by atoms with Gasteiger partial charge in [0.2, 0.25) is 0 Å². The quantitative estimate of drug-likeness (QED) is 0.236. The van der Waals surface area contributed by atoms with Crippen molar-refractivity contribution in [2.75, 3.05) is 0 Å². The van der Waals surface area contributed by atoms with Gasteiger partial charge >= 0.3 is 0 Å². The second-order valence-electron chi connectivity index (χ2n) is 10.9. The summed E-state index contributed by atoms with van der Waals surface area (Å²) in [6.45, 7) is 0. The fourth-order valence-electron chi connectivity index (χ4n) is 7.16. The molecule has 2 heterocycles. The van der Waals surface area contributed by atoms with Gasteiger partial charge in [0, 0.05) is 11.8 Å². The number of hydrogen-bond donors (Lipinski definition) is 0. The summed E-state index contributed by atoms with van der Waals surface area (Å²) in [5.74, 6) is -0.115. The SMILES string of the molecule is N#Cc1cc2c(cc1-n1cnc3ccccc31)C1c3ccccc3C2c2cc(-n3cnc4ccccc43)c(C#N)cc21. The molecule has 2 bridgehead atoms. The second-order valence-corrected chi connectivity index (χ2v) is 10.9. The van der Waals surface area contributed by atoms with Gasteiger partial charge < -0.3 is 0 Å². The molecule has 0 aliphatic heterocycles. The van der Waals surface area contributed by atoms with E-state index < -0.39 is 0 Å². The van der Waals surface area contributed by atoms with Gasteiger partial charge in [0.15, 0.2) is 0 Å². The summed E-state index contributed by atoms with van der Waals surface area (Å²) in [6.07, 6.45) is 3.59. The lowest BCUT2D eigenvalue weighted by atomic mass is 9.60. The number of aromatic nitrogens is 4. The van der Waals surface area contributed by atoms with Crippen LogP contribution in [0.1, 0.15) is 56.3 Å². The summed E-state index contributed by atoms with van der Waals surface area (Å²) in [5, 5.41) is 20.7. The lowest BCUT2D eigenvalue weighted by molar-refractivity contribution is 0.750. The fourth-order valence-corrected chi connectivity index (χ4v) is 7.16. The number of rotatable bonds is 2. The minimum absolute atomic E-state index is 0.0573. The molecule has 5 aromatic carbocycles. The van der Waals surface area contributed by atoms with Crippen molar-refractivity contribution < 1.29 is 0 Å². The number of fused-ring (bicyclic) bond motifs is 2. The van der Waals surface area contributed by atoms with E-state index in [0.29, 0.717) is 11.1 Å². The van der Waals surface area contributed by atoms with Crippen molar-refractivity contribution in [3.63, 3.8) is 0 Å². The highest BCUT2D eigenvalue weighted by Crippen LogP contribution is 2.57. The number of nitrogens with zero attached hydrogens (tertiary/aromatic N) is 6. The molecule has 0 radical (unpaired) electrons. The number of imidazole rings is 2. The van der Waals surface area contributed by atoms with Gasteiger partial charge in [-0.1, -0.05) is 48.5 Å². The van der Waals surface area contributed by atoms with Crippen LogP contribution in [0.3, 0.4) is 0 Å². The zero-order valence-electron chi connectivity index (χ0n) is 22.2. The molecule has 10 rings (SSSR count). The Morgan fingerprint density at radius 1 is 0.500 bits per heavy atom. The maximum Gasteiger partial charge on any atom is 0.101 e. The van der Waals surface area contributed by atoms with Crippen LogP contribution in [0.15, 0.2) is 110 Å². The molecule has 2 unspecified atom stereocenters. The minimum Gasteiger partial charge on any atom is -0.297 e. The highest BCUT2D eigenvalue weighted by Gasteiger charge is 2.42. The molecule has 3 aliphatic rings. The van der Waals surface area contributed by atoms with Crippen molar-refractivity contribution in [3.8, 4) is 23.5 Å². The van der Waals surface area contributed by atoms with Gasteiger partial charge in [0.25, 0.3) is 0 Å². The van der Waals surface area contributed by atoms with Crippen molar-refractivity contribution in [1.29, 1.82) is 10.5 Å². The van der Waals surface area contributed by atoms with Gasteiger partial charge in [-0.2, -0.15) is 10.5 Å². The Bertz CT molecular complexity index is 2190. The van der Waals surface area contributed by atoms with Gasteiger partial charge in [0.1, 0.15) is 24.8 Å². The predicted octanol–water partition coefficient (Wildman–Crippen LogP) is 7.09. The van der Waals surface area contributed by atoms with Crippen LogP contribution < -0.4 is 0 Å². The number of para-hydroxylation sites is 4. The van der Waals surface area contributed by atoms with Crippen molar-refractivity contribution in [2.24, 2.45) is 0 Å². The normalized spacial score (nSPS) is 16.0. The monoisotopic (exact) mass is 536 g/mol. The zero-order valence-corrected chi connectivity index (χ0v) is 22.2. The summed E-state index contributed by atoms with van der Waals surface area (Å²) >= 11 is 0. The first-order chi connectivity index (χ1) is 20.7. The van der Waals surface area contributed by atoms with Crippen molar-refractivity contribution in [3.05, 3.63) is 154 Å². The van der Waals surface area contributed by atoms with E-state index >= 15 is 0 Å². The van der Waals surface area contributed by atoms with E-state index in [-0.39, 0.29) is 11.8 Å².